The van der Waals surface area contributed by atoms with Gasteiger partial charge in [-0.05, 0) is 33.1 Å². The summed E-state index contributed by atoms with van der Waals surface area (Å²) >= 11 is 0. The Morgan fingerprint density at radius 3 is 2.60 bits per heavy atom. The smallest absolute Gasteiger partial charge is 0.0700 e. The van der Waals surface area contributed by atoms with Gasteiger partial charge in [0.25, 0.3) is 0 Å². The van der Waals surface area contributed by atoms with Crippen LogP contribution in [0, 0.1) is 7.11 Å². The van der Waals surface area contributed by atoms with E-state index in [0.717, 1.165) is 13.0 Å². The summed E-state index contributed by atoms with van der Waals surface area (Å²) < 4.78 is 4.68. The van der Waals surface area contributed by atoms with Crippen molar-refractivity contribution < 1.29 is 4.74 Å². The third kappa shape index (κ3) is 7.70. The molecule has 0 saturated heterocycles. The van der Waals surface area contributed by atoms with E-state index in [1.165, 1.54) is 18.4 Å². The third-order valence-electron chi connectivity index (χ3n) is 1.30. The minimum Gasteiger partial charge on any atom is -0.379 e. The normalized spacial score (nSPS) is 9.50. The van der Waals surface area contributed by atoms with Crippen LogP contribution in [-0.4, -0.2) is 6.61 Å². The molecule has 0 aromatic rings. The van der Waals surface area contributed by atoms with Crippen molar-refractivity contribution in [2.75, 3.05) is 6.61 Å². The second-order valence-electron chi connectivity index (χ2n) is 2.69. The van der Waals surface area contributed by atoms with Gasteiger partial charge in [-0.2, -0.15) is 0 Å². The molecule has 59 valence electrons. The first-order valence-electron chi connectivity index (χ1n) is 3.77. The van der Waals surface area contributed by atoms with Crippen LogP contribution in [0.3, 0.4) is 0 Å². The molecule has 0 heterocycles. The van der Waals surface area contributed by atoms with Gasteiger partial charge in [0.15, 0.2) is 0 Å². The van der Waals surface area contributed by atoms with Gasteiger partial charge in [-0.3, -0.25) is 0 Å². The average molecular weight is 141 g/mol. The van der Waals surface area contributed by atoms with Gasteiger partial charge in [-0.15, -0.1) is 0 Å². The molecule has 0 aliphatic carbocycles. The van der Waals surface area contributed by atoms with E-state index in [1.807, 2.05) is 0 Å². The van der Waals surface area contributed by atoms with E-state index in [-0.39, 0.29) is 0 Å². The molecular weight excluding hydrogens is 124 g/mol. The molecule has 0 aliphatic rings. The Hall–Kier alpha value is -0.300. The number of hydrogen-bond donors (Lipinski definition) is 0. The summed E-state index contributed by atoms with van der Waals surface area (Å²) in [7, 11) is 3.30. The molecular formula is C9H17O. The SMILES string of the molecule is [CH2]OCCCCC=C(C)C. The lowest BCUT2D eigenvalue weighted by Crippen LogP contribution is -1.84. The van der Waals surface area contributed by atoms with Crippen LogP contribution in [0.15, 0.2) is 11.6 Å². The zero-order chi connectivity index (χ0) is 7.82. The second kappa shape index (κ2) is 6.81. The maximum Gasteiger partial charge on any atom is 0.0700 e. The molecule has 0 atom stereocenters. The lowest BCUT2D eigenvalue weighted by molar-refractivity contribution is 0.235. The molecule has 0 aliphatic heterocycles. The van der Waals surface area contributed by atoms with E-state index in [1.54, 1.807) is 0 Å². The van der Waals surface area contributed by atoms with Crippen LogP contribution in [0.4, 0.5) is 0 Å². The fraction of sp³-hybridized carbons (Fsp3) is 0.667. The van der Waals surface area contributed by atoms with Crippen molar-refractivity contribution >= 4 is 0 Å². The standard InChI is InChI=1S/C9H17O/c1-9(2)7-5-4-6-8-10-3/h7H,3-6,8H2,1-2H3. The minimum absolute atomic E-state index is 0.788. The molecule has 0 aromatic carbocycles. The van der Waals surface area contributed by atoms with Crippen molar-refractivity contribution in [3.63, 3.8) is 0 Å². The van der Waals surface area contributed by atoms with Crippen LogP contribution in [0.25, 0.3) is 0 Å². The van der Waals surface area contributed by atoms with E-state index >= 15 is 0 Å². The minimum atomic E-state index is 0.788. The number of allylic oxidation sites excluding steroid dienone is 2. The summed E-state index contributed by atoms with van der Waals surface area (Å²) in [6.07, 6.45) is 5.75. The molecule has 1 radical (unpaired) electrons. The Morgan fingerprint density at radius 2 is 2.10 bits per heavy atom. The van der Waals surface area contributed by atoms with Crippen molar-refractivity contribution in [3.8, 4) is 0 Å². The molecule has 0 aromatic heterocycles. The van der Waals surface area contributed by atoms with Gasteiger partial charge in [-0.1, -0.05) is 11.6 Å². The van der Waals surface area contributed by atoms with Crippen LogP contribution in [0.2, 0.25) is 0 Å². The number of rotatable bonds is 5. The third-order valence-corrected chi connectivity index (χ3v) is 1.30. The van der Waals surface area contributed by atoms with Gasteiger partial charge in [0.05, 0.1) is 7.11 Å². The quantitative estimate of drug-likeness (QED) is 0.422. The zero-order valence-corrected chi connectivity index (χ0v) is 7.02. The molecule has 0 saturated carbocycles. The van der Waals surface area contributed by atoms with E-state index < -0.39 is 0 Å². The van der Waals surface area contributed by atoms with Crippen LogP contribution in [0.1, 0.15) is 33.1 Å². The van der Waals surface area contributed by atoms with Crippen molar-refractivity contribution in [1.82, 2.24) is 0 Å². The van der Waals surface area contributed by atoms with Crippen LogP contribution in [0.5, 0.6) is 0 Å². The first kappa shape index (κ1) is 9.70. The van der Waals surface area contributed by atoms with E-state index in [4.69, 9.17) is 0 Å². The Kier molecular flexibility index (Phi) is 6.61. The fourth-order valence-electron chi connectivity index (χ4n) is 0.739. The highest BCUT2D eigenvalue weighted by Gasteiger charge is 1.84. The lowest BCUT2D eigenvalue weighted by atomic mass is 10.2. The summed E-state index contributed by atoms with van der Waals surface area (Å²) in [4.78, 5) is 0. The summed E-state index contributed by atoms with van der Waals surface area (Å²) in [5.41, 5.74) is 1.40. The summed E-state index contributed by atoms with van der Waals surface area (Å²) in [6.45, 7) is 5.03. The summed E-state index contributed by atoms with van der Waals surface area (Å²) in [6, 6.07) is 0. The summed E-state index contributed by atoms with van der Waals surface area (Å²) in [5.74, 6) is 0. The van der Waals surface area contributed by atoms with Gasteiger partial charge in [0, 0.05) is 6.61 Å². The first-order chi connectivity index (χ1) is 4.77. The van der Waals surface area contributed by atoms with E-state index in [2.05, 4.69) is 31.8 Å². The van der Waals surface area contributed by atoms with Gasteiger partial charge in [-0.25, -0.2) is 0 Å². The monoisotopic (exact) mass is 141 g/mol. The Balaban J connectivity index is 2.98. The number of unbranched alkanes of at least 4 members (excludes halogenated alkanes) is 2. The predicted octanol–water partition coefficient (Wildman–Crippen LogP) is 2.93. The van der Waals surface area contributed by atoms with Crippen molar-refractivity contribution in [2.45, 2.75) is 33.1 Å². The average Bonchev–Trinajstić information content (AvgIpc) is 1.87. The zero-order valence-electron chi connectivity index (χ0n) is 7.02. The highest BCUT2D eigenvalue weighted by Crippen LogP contribution is 2.00. The second-order valence-corrected chi connectivity index (χ2v) is 2.69. The van der Waals surface area contributed by atoms with Crippen molar-refractivity contribution in [1.29, 1.82) is 0 Å². The Bertz CT molecular complexity index is 90.9. The molecule has 0 fully saturated rings. The van der Waals surface area contributed by atoms with Gasteiger partial charge in [0.2, 0.25) is 0 Å². The fourth-order valence-corrected chi connectivity index (χ4v) is 0.739. The summed E-state index contributed by atoms with van der Waals surface area (Å²) in [5, 5.41) is 0. The molecule has 1 nitrogen and oxygen atoms in total. The Labute approximate surface area is 64.1 Å². The Morgan fingerprint density at radius 1 is 1.40 bits per heavy atom. The van der Waals surface area contributed by atoms with Crippen LogP contribution in [-0.2, 0) is 4.74 Å². The van der Waals surface area contributed by atoms with Crippen LogP contribution < -0.4 is 0 Å². The van der Waals surface area contributed by atoms with E-state index in [9.17, 15) is 0 Å². The molecule has 0 amide bonds. The van der Waals surface area contributed by atoms with Crippen molar-refractivity contribution in [2.24, 2.45) is 0 Å². The number of ether oxygens (including phenoxy) is 1. The largest absolute Gasteiger partial charge is 0.379 e. The maximum atomic E-state index is 4.68. The number of hydrogen-bond acceptors (Lipinski definition) is 1. The van der Waals surface area contributed by atoms with Gasteiger partial charge >= 0.3 is 0 Å². The molecule has 0 unspecified atom stereocenters. The van der Waals surface area contributed by atoms with Crippen LogP contribution >= 0.6 is 0 Å². The van der Waals surface area contributed by atoms with Gasteiger partial charge in [0.1, 0.15) is 0 Å². The molecule has 0 spiro atoms. The predicted molar refractivity (Wildman–Crippen MR) is 44.6 cm³/mol. The molecule has 0 N–H and O–H groups in total. The molecule has 1 heteroatoms. The molecule has 0 bridgehead atoms. The van der Waals surface area contributed by atoms with Gasteiger partial charge < -0.3 is 4.74 Å². The van der Waals surface area contributed by atoms with Crippen molar-refractivity contribution in [3.05, 3.63) is 18.8 Å². The van der Waals surface area contributed by atoms with E-state index in [0.29, 0.717) is 0 Å². The highest BCUT2D eigenvalue weighted by molar-refractivity contribution is 4.92. The maximum absolute atomic E-state index is 4.68. The topological polar surface area (TPSA) is 9.23 Å². The molecule has 10 heavy (non-hydrogen) atoms. The highest BCUT2D eigenvalue weighted by atomic mass is 16.5. The first-order valence-corrected chi connectivity index (χ1v) is 3.77. The lowest BCUT2D eigenvalue weighted by Gasteiger charge is -1.95. The molecule has 0 rings (SSSR count).